The standard InChI is InChI=1S/C12H20O2/c1-7-3-6-11(14)10-5-4-9(8(2)13)12(7)10/h7,9-12,14H,3-6H2,1-2H3/t7-,9?,10?,11?,12?/m0/s1. The van der Waals surface area contributed by atoms with Gasteiger partial charge in [0, 0.05) is 5.92 Å². The van der Waals surface area contributed by atoms with E-state index in [0.29, 0.717) is 23.5 Å². The highest BCUT2D eigenvalue weighted by atomic mass is 16.3. The fourth-order valence-electron chi connectivity index (χ4n) is 3.64. The van der Waals surface area contributed by atoms with Crippen molar-refractivity contribution in [2.75, 3.05) is 0 Å². The number of aliphatic hydroxyl groups excluding tert-OH is 1. The smallest absolute Gasteiger partial charge is 0.133 e. The lowest BCUT2D eigenvalue weighted by Crippen LogP contribution is -2.37. The van der Waals surface area contributed by atoms with Crippen LogP contribution in [0.1, 0.15) is 39.5 Å². The van der Waals surface area contributed by atoms with Crippen LogP contribution in [0.25, 0.3) is 0 Å². The van der Waals surface area contributed by atoms with Crippen molar-refractivity contribution in [2.24, 2.45) is 23.7 Å². The maximum absolute atomic E-state index is 11.5. The van der Waals surface area contributed by atoms with Gasteiger partial charge in [0.05, 0.1) is 6.10 Å². The van der Waals surface area contributed by atoms with E-state index >= 15 is 0 Å². The highest BCUT2D eigenvalue weighted by molar-refractivity contribution is 5.79. The van der Waals surface area contributed by atoms with E-state index in [-0.39, 0.29) is 12.0 Å². The summed E-state index contributed by atoms with van der Waals surface area (Å²) in [4.78, 5) is 11.5. The van der Waals surface area contributed by atoms with E-state index < -0.39 is 0 Å². The largest absolute Gasteiger partial charge is 0.393 e. The van der Waals surface area contributed by atoms with E-state index in [4.69, 9.17) is 0 Å². The predicted octanol–water partition coefficient (Wildman–Crippen LogP) is 2.01. The van der Waals surface area contributed by atoms with E-state index in [0.717, 1.165) is 25.7 Å². The SMILES string of the molecule is CC(=O)C1CCC2C(O)CC[C@H](C)C12. The van der Waals surface area contributed by atoms with Crippen molar-refractivity contribution in [1.82, 2.24) is 0 Å². The third-order valence-corrected chi connectivity index (χ3v) is 4.36. The Morgan fingerprint density at radius 2 is 1.93 bits per heavy atom. The number of Topliss-reactive ketones (excluding diaryl/α,β-unsaturated/α-hetero) is 1. The Morgan fingerprint density at radius 3 is 2.57 bits per heavy atom. The molecule has 4 unspecified atom stereocenters. The van der Waals surface area contributed by atoms with Crippen molar-refractivity contribution < 1.29 is 9.90 Å². The molecule has 0 aliphatic heterocycles. The van der Waals surface area contributed by atoms with Gasteiger partial charge in [-0.2, -0.15) is 0 Å². The number of ketones is 1. The molecule has 0 aromatic carbocycles. The Morgan fingerprint density at radius 1 is 1.21 bits per heavy atom. The normalized spacial score (nSPS) is 47.5. The molecule has 80 valence electrons. The Bertz CT molecular complexity index is 236. The first-order valence-corrected chi connectivity index (χ1v) is 5.79. The summed E-state index contributed by atoms with van der Waals surface area (Å²) in [5.74, 6) is 2.08. The van der Waals surface area contributed by atoms with Crippen molar-refractivity contribution in [3.05, 3.63) is 0 Å². The predicted molar refractivity (Wildman–Crippen MR) is 54.8 cm³/mol. The molecule has 2 rings (SSSR count). The number of rotatable bonds is 1. The number of hydrogen-bond donors (Lipinski definition) is 1. The minimum atomic E-state index is -0.138. The molecule has 0 aromatic rings. The molecule has 0 amide bonds. The lowest BCUT2D eigenvalue weighted by molar-refractivity contribution is -0.123. The summed E-state index contributed by atoms with van der Waals surface area (Å²) in [5, 5.41) is 9.89. The number of carbonyl (C=O) groups excluding carboxylic acids is 1. The van der Waals surface area contributed by atoms with E-state index in [2.05, 4.69) is 6.92 Å². The zero-order valence-electron chi connectivity index (χ0n) is 9.07. The van der Waals surface area contributed by atoms with Gasteiger partial charge in [-0.1, -0.05) is 6.92 Å². The van der Waals surface area contributed by atoms with Gasteiger partial charge in [0.1, 0.15) is 5.78 Å². The van der Waals surface area contributed by atoms with Crippen LogP contribution >= 0.6 is 0 Å². The van der Waals surface area contributed by atoms with E-state index in [1.165, 1.54) is 0 Å². The van der Waals surface area contributed by atoms with Crippen molar-refractivity contribution in [3.8, 4) is 0 Å². The zero-order chi connectivity index (χ0) is 10.3. The molecule has 0 saturated heterocycles. The molecule has 2 heteroatoms. The highest BCUT2D eigenvalue weighted by Gasteiger charge is 2.46. The lowest BCUT2D eigenvalue weighted by atomic mass is 9.69. The van der Waals surface area contributed by atoms with Crippen LogP contribution in [0.4, 0.5) is 0 Å². The minimum Gasteiger partial charge on any atom is -0.393 e. The molecule has 0 spiro atoms. The number of fused-ring (bicyclic) bond motifs is 1. The summed E-state index contributed by atoms with van der Waals surface area (Å²) in [7, 11) is 0. The van der Waals surface area contributed by atoms with Crippen LogP contribution in [0.15, 0.2) is 0 Å². The van der Waals surface area contributed by atoms with Gasteiger partial charge < -0.3 is 5.11 Å². The van der Waals surface area contributed by atoms with Crippen LogP contribution in [0, 0.1) is 23.7 Å². The number of hydrogen-bond acceptors (Lipinski definition) is 2. The second-order valence-electron chi connectivity index (χ2n) is 5.16. The molecule has 2 aliphatic rings. The van der Waals surface area contributed by atoms with Crippen LogP contribution < -0.4 is 0 Å². The van der Waals surface area contributed by atoms with E-state index in [1.807, 2.05) is 0 Å². The summed E-state index contributed by atoms with van der Waals surface area (Å²) < 4.78 is 0. The summed E-state index contributed by atoms with van der Waals surface area (Å²) in [5.41, 5.74) is 0. The quantitative estimate of drug-likeness (QED) is 0.696. The molecular weight excluding hydrogens is 176 g/mol. The van der Waals surface area contributed by atoms with E-state index in [1.54, 1.807) is 6.92 Å². The highest BCUT2D eigenvalue weighted by Crippen LogP contribution is 2.48. The summed E-state index contributed by atoms with van der Waals surface area (Å²) >= 11 is 0. The molecule has 2 nitrogen and oxygen atoms in total. The molecule has 0 radical (unpaired) electrons. The Labute approximate surface area is 85.7 Å². The maximum Gasteiger partial charge on any atom is 0.133 e. The fraction of sp³-hybridized carbons (Fsp3) is 0.917. The monoisotopic (exact) mass is 196 g/mol. The van der Waals surface area contributed by atoms with Gasteiger partial charge >= 0.3 is 0 Å². The van der Waals surface area contributed by atoms with Gasteiger partial charge in [0.25, 0.3) is 0 Å². The molecule has 14 heavy (non-hydrogen) atoms. The molecular formula is C12H20O2. The molecule has 0 bridgehead atoms. The van der Waals surface area contributed by atoms with Gasteiger partial charge in [-0.3, -0.25) is 4.79 Å². The average molecular weight is 196 g/mol. The summed E-state index contributed by atoms with van der Waals surface area (Å²) in [6, 6.07) is 0. The maximum atomic E-state index is 11.5. The zero-order valence-corrected chi connectivity index (χ0v) is 9.07. The van der Waals surface area contributed by atoms with Gasteiger partial charge in [0.2, 0.25) is 0 Å². The summed E-state index contributed by atoms with van der Waals surface area (Å²) in [6.45, 7) is 3.95. The third-order valence-electron chi connectivity index (χ3n) is 4.36. The van der Waals surface area contributed by atoms with Crippen molar-refractivity contribution in [2.45, 2.75) is 45.6 Å². The molecule has 0 aromatic heterocycles. The third kappa shape index (κ3) is 1.50. The topological polar surface area (TPSA) is 37.3 Å². The second kappa shape index (κ2) is 3.65. The summed E-state index contributed by atoms with van der Waals surface area (Å²) in [6.07, 6.45) is 3.95. The molecule has 2 saturated carbocycles. The number of aliphatic hydroxyl groups is 1. The van der Waals surface area contributed by atoms with Crippen LogP contribution in [-0.2, 0) is 4.79 Å². The second-order valence-corrected chi connectivity index (χ2v) is 5.16. The van der Waals surface area contributed by atoms with Crippen LogP contribution in [0.5, 0.6) is 0 Å². The van der Waals surface area contributed by atoms with Gasteiger partial charge in [-0.05, 0) is 50.4 Å². The molecule has 1 N–H and O–H groups in total. The van der Waals surface area contributed by atoms with Crippen molar-refractivity contribution in [3.63, 3.8) is 0 Å². The van der Waals surface area contributed by atoms with Crippen LogP contribution in [0.2, 0.25) is 0 Å². The first-order valence-electron chi connectivity index (χ1n) is 5.79. The minimum absolute atomic E-state index is 0.138. The number of carbonyl (C=O) groups is 1. The molecule has 5 atom stereocenters. The molecule has 2 fully saturated rings. The fourth-order valence-corrected chi connectivity index (χ4v) is 3.64. The Hall–Kier alpha value is -0.370. The van der Waals surface area contributed by atoms with E-state index in [9.17, 15) is 9.90 Å². The van der Waals surface area contributed by atoms with Gasteiger partial charge in [-0.25, -0.2) is 0 Å². The van der Waals surface area contributed by atoms with Crippen LogP contribution in [0.3, 0.4) is 0 Å². The first-order chi connectivity index (χ1) is 6.61. The van der Waals surface area contributed by atoms with Crippen molar-refractivity contribution >= 4 is 5.78 Å². The van der Waals surface area contributed by atoms with Gasteiger partial charge in [-0.15, -0.1) is 0 Å². The van der Waals surface area contributed by atoms with Crippen LogP contribution in [-0.4, -0.2) is 17.0 Å². The Balaban J connectivity index is 2.17. The molecule has 2 aliphatic carbocycles. The lowest BCUT2D eigenvalue weighted by Gasteiger charge is -2.37. The first kappa shape index (κ1) is 10.2. The van der Waals surface area contributed by atoms with Gasteiger partial charge in [0.15, 0.2) is 0 Å². The molecule has 0 heterocycles. The van der Waals surface area contributed by atoms with Crippen molar-refractivity contribution in [1.29, 1.82) is 0 Å². The average Bonchev–Trinajstić information content (AvgIpc) is 2.56. The Kier molecular flexibility index (Phi) is 2.65.